The van der Waals surface area contributed by atoms with Crippen molar-refractivity contribution in [1.82, 2.24) is 14.9 Å². The van der Waals surface area contributed by atoms with Crippen LogP contribution in [0.3, 0.4) is 0 Å². The summed E-state index contributed by atoms with van der Waals surface area (Å²) in [6.07, 6.45) is 0. The molecule has 30 heavy (non-hydrogen) atoms. The average molecular weight is 446 g/mol. The Kier molecular flexibility index (Phi) is 5.80. The molecule has 6 nitrogen and oxygen atoms in total. The number of hydrogen-bond acceptors (Lipinski definition) is 5. The third-order valence-corrected chi connectivity index (χ3v) is 6.29. The number of halogens is 2. The zero-order valence-corrected chi connectivity index (χ0v) is 17.5. The summed E-state index contributed by atoms with van der Waals surface area (Å²) in [4.78, 5) is 34.6. The molecule has 0 radical (unpaired) electrons. The summed E-state index contributed by atoms with van der Waals surface area (Å²) in [6.45, 7) is 0.632. The van der Waals surface area contributed by atoms with Crippen molar-refractivity contribution >= 4 is 49.8 Å². The molecule has 9 heteroatoms. The highest BCUT2D eigenvalue weighted by molar-refractivity contribution is 7.21. The minimum absolute atomic E-state index is 0.0706. The number of carbonyl (C=O) groups is 1. The fraction of sp³-hybridized carbons (Fsp3) is 0.190. The number of H-pyrrole nitrogens is 1. The molecular weight excluding hydrogens is 429 g/mol. The van der Waals surface area contributed by atoms with E-state index in [0.717, 1.165) is 11.3 Å². The second-order valence-corrected chi connectivity index (χ2v) is 8.07. The van der Waals surface area contributed by atoms with Crippen LogP contribution >= 0.6 is 22.9 Å². The number of aromatic nitrogens is 2. The van der Waals surface area contributed by atoms with Gasteiger partial charge in [0.25, 0.3) is 11.5 Å². The van der Waals surface area contributed by atoms with Gasteiger partial charge in [-0.1, -0.05) is 23.7 Å². The van der Waals surface area contributed by atoms with Crippen molar-refractivity contribution in [2.45, 2.75) is 6.54 Å². The van der Waals surface area contributed by atoms with E-state index in [1.807, 2.05) is 0 Å². The first-order valence-electron chi connectivity index (χ1n) is 9.11. The molecule has 0 aliphatic rings. The highest BCUT2D eigenvalue weighted by Gasteiger charge is 2.24. The van der Waals surface area contributed by atoms with Crippen molar-refractivity contribution in [1.29, 1.82) is 0 Å². The molecule has 0 fully saturated rings. The first-order valence-corrected chi connectivity index (χ1v) is 10.3. The van der Waals surface area contributed by atoms with E-state index in [1.54, 1.807) is 30.3 Å². The number of carbonyl (C=O) groups excluding carboxylic acids is 1. The van der Waals surface area contributed by atoms with Crippen LogP contribution in [0.15, 0.2) is 47.3 Å². The molecule has 1 amide bonds. The molecular formula is C21H17ClFN3O3S. The number of nitrogens with one attached hydrogen (secondary N) is 1. The molecule has 154 valence electrons. The van der Waals surface area contributed by atoms with Crippen LogP contribution in [0.5, 0.6) is 0 Å². The zero-order chi connectivity index (χ0) is 21.3. The van der Waals surface area contributed by atoms with E-state index in [0.29, 0.717) is 38.3 Å². The quantitative estimate of drug-likeness (QED) is 0.482. The molecule has 0 saturated carbocycles. The van der Waals surface area contributed by atoms with E-state index in [-0.39, 0.29) is 29.6 Å². The maximum Gasteiger partial charge on any atom is 0.265 e. The van der Waals surface area contributed by atoms with Gasteiger partial charge in [-0.05, 0) is 30.3 Å². The fourth-order valence-electron chi connectivity index (χ4n) is 3.16. The van der Waals surface area contributed by atoms with Gasteiger partial charge in [-0.25, -0.2) is 9.37 Å². The normalized spacial score (nSPS) is 11.3. The van der Waals surface area contributed by atoms with E-state index in [1.165, 1.54) is 24.1 Å². The average Bonchev–Trinajstić information content (AvgIpc) is 3.06. The van der Waals surface area contributed by atoms with E-state index >= 15 is 0 Å². The van der Waals surface area contributed by atoms with Crippen LogP contribution in [0.4, 0.5) is 4.39 Å². The number of benzene rings is 2. The second-order valence-electron chi connectivity index (χ2n) is 6.63. The lowest BCUT2D eigenvalue weighted by atomic mass is 10.2. The van der Waals surface area contributed by atoms with Gasteiger partial charge in [0, 0.05) is 23.7 Å². The summed E-state index contributed by atoms with van der Waals surface area (Å²) in [7, 11) is 1.54. The first kappa shape index (κ1) is 20.5. The van der Waals surface area contributed by atoms with Crippen LogP contribution in [0, 0.1) is 5.82 Å². The molecule has 2 aromatic heterocycles. The highest BCUT2D eigenvalue weighted by atomic mass is 35.5. The Hall–Kier alpha value is -2.81. The molecule has 0 unspecified atom stereocenters. The number of para-hydroxylation sites is 1. The van der Waals surface area contributed by atoms with Gasteiger partial charge in [0.15, 0.2) is 0 Å². The lowest BCUT2D eigenvalue weighted by Gasteiger charge is -2.21. The Labute approximate surface area is 179 Å². The van der Waals surface area contributed by atoms with Gasteiger partial charge >= 0.3 is 0 Å². The summed E-state index contributed by atoms with van der Waals surface area (Å²) < 4.78 is 19.3. The Bertz CT molecular complexity index is 1300. The van der Waals surface area contributed by atoms with Crippen LogP contribution in [0.25, 0.3) is 21.0 Å². The maximum absolute atomic E-state index is 13.6. The maximum atomic E-state index is 13.6. The van der Waals surface area contributed by atoms with Gasteiger partial charge < -0.3 is 14.6 Å². The third kappa shape index (κ3) is 3.94. The fourth-order valence-corrected chi connectivity index (χ4v) is 4.67. The molecule has 0 aliphatic carbocycles. The van der Waals surface area contributed by atoms with Crippen molar-refractivity contribution in [3.63, 3.8) is 0 Å². The first-order chi connectivity index (χ1) is 14.5. The monoisotopic (exact) mass is 445 g/mol. The lowest BCUT2D eigenvalue weighted by Crippen LogP contribution is -2.34. The number of thiophene rings is 1. The number of ether oxygens (including phenoxy) is 1. The van der Waals surface area contributed by atoms with E-state index in [2.05, 4.69) is 9.97 Å². The number of fused-ring (bicyclic) bond motifs is 2. The lowest BCUT2D eigenvalue weighted by molar-refractivity contribution is 0.0680. The number of methoxy groups -OCH3 is 1. The summed E-state index contributed by atoms with van der Waals surface area (Å²) in [5, 5.41) is 1.38. The van der Waals surface area contributed by atoms with Crippen LogP contribution < -0.4 is 5.56 Å². The number of nitrogens with zero attached hydrogens (tertiary/aromatic N) is 2. The van der Waals surface area contributed by atoms with Gasteiger partial charge in [-0.15, -0.1) is 11.3 Å². The molecule has 0 bridgehead atoms. The van der Waals surface area contributed by atoms with Crippen LogP contribution in [0.2, 0.25) is 5.02 Å². The van der Waals surface area contributed by atoms with Crippen LogP contribution in [-0.2, 0) is 11.3 Å². The summed E-state index contributed by atoms with van der Waals surface area (Å²) in [6, 6.07) is 11.2. The van der Waals surface area contributed by atoms with Gasteiger partial charge in [0.2, 0.25) is 0 Å². The third-order valence-electron chi connectivity index (χ3n) is 4.64. The minimum atomic E-state index is -0.395. The Morgan fingerprint density at radius 3 is 2.87 bits per heavy atom. The summed E-state index contributed by atoms with van der Waals surface area (Å²) in [5.41, 5.74) is 0.274. The molecule has 0 aliphatic heterocycles. The van der Waals surface area contributed by atoms with Crippen LogP contribution in [0.1, 0.15) is 15.5 Å². The minimum Gasteiger partial charge on any atom is -0.383 e. The number of amides is 1. The highest BCUT2D eigenvalue weighted by Crippen LogP contribution is 2.36. The van der Waals surface area contributed by atoms with Gasteiger partial charge in [0.1, 0.15) is 16.5 Å². The van der Waals surface area contributed by atoms with Crippen LogP contribution in [-0.4, -0.2) is 41.0 Å². The molecule has 4 rings (SSSR count). The van der Waals surface area contributed by atoms with Gasteiger partial charge in [-0.3, -0.25) is 9.59 Å². The molecule has 2 heterocycles. The van der Waals surface area contributed by atoms with Crippen molar-refractivity contribution in [2.75, 3.05) is 20.3 Å². The summed E-state index contributed by atoms with van der Waals surface area (Å²) in [5.74, 6) is -0.380. The SMILES string of the molecule is COCCN(Cc1nc2ccccc2c(=O)[nH]1)C(=O)c1sc2cc(F)ccc2c1Cl. The van der Waals surface area contributed by atoms with Gasteiger partial charge in [0.05, 0.1) is 29.1 Å². The van der Waals surface area contributed by atoms with Crippen molar-refractivity contribution < 1.29 is 13.9 Å². The Morgan fingerprint density at radius 1 is 1.27 bits per heavy atom. The van der Waals surface area contributed by atoms with E-state index in [9.17, 15) is 14.0 Å². The molecule has 1 N–H and O–H groups in total. The Balaban J connectivity index is 1.70. The largest absolute Gasteiger partial charge is 0.383 e. The number of hydrogen-bond donors (Lipinski definition) is 1. The molecule has 0 spiro atoms. The number of aromatic amines is 1. The topological polar surface area (TPSA) is 75.3 Å². The number of rotatable bonds is 6. The zero-order valence-electron chi connectivity index (χ0n) is 15.9. The van der Waals surface area contributed by atoms with Crippen molar-refractivity contribution in [2.24, 2.45) is 0 Å². The predicted molar refractivity (Wildman–Crippen MR) is 116 cm³/mol. The van der Waals surface area contributed by atoms with E-state index < -0.39 is 5.82 Å². The molecule has 4 aromatic rings. The van der Waals surface area contributed by atoms with E-state index in [4.69, 9.17) is 16.3 Å². The standard InChI is InChI=1S/C21H17ClFN3O3S/c1-29-9-8-26(11-17-24-15-5-3-2-4-13(15)20(27)25-17)21(28)19-18(22)14-7-6-12(23)10-16(14)30-19/h2-7,10H,8-9,11H2,1H3,(H,24,25,27). The summed E-state index contributed by atoms with van der Waals surface area (Å²) >= 11 is 7.55. The smallest absolute Gasteiger partial charge is 0.265 e. The Morgan fingerprint density at radius 2 is 2.07 bits per heavy atom. The molecule has 2 aromatic carbocycles. The predicted octanol–water partition coefficient (Wildman–Crippen LogP) is 4.22. The van der Waals surface area contributed by atoms with Crippen molar-refractivity contribution in [3.05, 3.63) is 74.4 Å². The second kappa shape index (κ2) is 8.51. The molecule has 0 saturated heterocycles. The van der Waals surface area contributed by atoms with Crippen molar-refractivity contribution in [3.8, 4) is 0 Å². The molecule has 0 atom stereocenters. The van der Waals surface area contributed by atoms with Gasteiger partial charge in [-0.2, -0.15) is 0 Å².